The van der Waals surface area contributed by atoms with Crippen molar-refractivity contribution in [3.05, 3.63) is 30.3 Å². The lowest BCUT2D eigenvalue weighted by atomic mass is 10.1. The molecule has 0 unspecified atom stereocenters. The molecule has 0 N–H and O–H groups in total. The third-order valence-electron chi connectivity index (χ3n) is 8.91. The van der Waals surface area contributed by atoms with E-state index < -0.39 is 8.07 Å². The van der Waals surface area contributed by atoms with Crippen LogP contribution in [0.3, 0.4) is 0 Å². The van der Waals surface area contributed by atoms with Crippen LogP contribution in [0.5, 0.6) is 0 Å². The molecule has 0 bridgehead atoms. The molecule has 0 heterocycles. The number of hydrogen-bond donors (Lipinski definition) is 0. The highest BCUT2D eigenvalue weighted by atomic mass is 28.3. The molecule has 0 fully saturated rings. The Labute approximate surface area is 236 Å². The zero-order chi connectivity index (χ0) is 26.7. The topological polar surface area (TPSA) is 0 Å². The molecular weight excluding hydrogens is 460 g/mol. The Balaban J connectivity index is 2.53. The molecule has 216 valence electrons. The predicted molar refractivity (Wildman–Crippen MR) is 174 cm³/mol. The summed E-state index contributed by atoms with van der Waals surface area (Å²) in [5, 5.41) is 1.79. The van der Waals surface area contributed by atoms with E-state index in [9.17, 15) is 0 Å². The van der Waals surface area contributed by atoms with Crippen molar-refractivity contribution in [3.63, 3.8) is 0 Å². The maximum absolute atomic E-state index is 2.53. The first-order valence-electron chi connectivity index (χ1n) is 17.3. The molecule has 0 saturated heterocycles. The maximum Gasteiger partial charge on any atom is 0.0867 e. The third-order valence-corrected chi connectivity index (χ3v) is 14.4. The zero-order valence-electron chi connectivity index (χ0n) is 26.0. The number of unbranched alkanes of at least 4 members (excludes halogenated alkanes) is 21. The van der Waals surface area contributed by atoms with Gasteiger partial charge in [0.2, 0.25) is 0 Å². The van der Waals surface area contributed by atoms with Crippen LogP contribution in [0.25, 0.3) is 0 Å². The van der Waals surface area contributed by atoms with Crippen molar-refractivity contribution in [3.8, 4) is 0 Å². The normalized spacial score (nSPS) is 11.9. The summed E-state index contributed by atoms with van der Waals surface area (Å²) in [6, 6.07) is 16.6. The van der Waals surface area contributed by atoms with Crippen molar-refractivity contribution in [2.45, 2.75) is 193 Å². The van der Waals surface area contributed by atoms with E-state index in [1.54, 1.807) is 23.3 Å². The Morgan fingerprint density at radius 2 is 0.622 bits per heavy atom. The highest BCUT2D eigenvalue weighted by molar-refractivity contribution is 6.91. The summed E-state index contributed by atoms with van der Waals surface area (Å²) in [7, 11) is -1.41. The van der Waals surface area contributed by atoms with Crippen LogP contribution in [0.2, 0.25) is 18.1 Å². The minimum atomic E-state index is -1.41. The van der Waals surface area contributed by atoms with Gasteiger partial charge in [-0.15, -0.1) is 0 Å². The first-order valence-corrected chi connectivity index (χ1v) is 20.0. The Morgan fingerprint density at radius 1 is 0.351 bits per heavy atom. The molecule has 0 nitrogen and oxygen atoms in total. The summed E-state index contributed by atoms with van der Waals surface area (Å²) >= 11 is 0. The van der Waals surface area contributed by atoms with Crippen molar-refractivity contribution in [1.82, 2.24) is 0 Å². The van der Waals surface area contributed by atoms with Crippen LogP contribution in [0.1, 0.15) is 175 Å². The molecule has 0 aliphatic heterocycles. The summed E-state index contributed by atoms with van der Waals surface area (Å²) in [6.07, 6.45) is 34.9. The van der Waals surface area contributed by atoms with Crippen molar-refractivity contribution in [2.24, 2.45) is 0 Å². The fourth-order valence-corrected chi connectivity index (χ4v) is 11.7. The average Bonchev–Trinajstić information content (AvgIpc) is 2.93. The number of rotatable bonds is 28. The summed E-state index contributed by atoms with van der Waals surface area (Å²) < 4.78 is 0. The van der Waals surface area contributed by atoms with E-state index in [-0.39, 0.29) is 0 Å². The van der Waals surface area contributed by atoms with Gasteiger partial charge in [0.15, 0.2) is 0 Å². The van der Waals surface area contributed by atoms with E-state index in [1.165, 1.54) is 154 Å². The molecule has 37 heavy (non-hydrogen) atoms. The Kier molecular flexibility index (Phi) is 23.9. The van der Waals surface area contributed by atoms with Gasteiger partial charge < -0.3 is 0 Å². The van der Waals surface area contributed by atoms with Gasteiger partial charge in [-0.3, -0.25) is 0 Å². The van der Waals surface area contributed by atoms with Crippen LogP contribution >= 0.6 is 0 Å². The Morgan fingerprint density at radius 3 is 0.919 bits per heavy atom. The van der Waals surface area contributed by atoms with Gasteiger partial charge >= 0.3 is 0 Å². The van der Waals surface area contributed by atoms with Gasteiger partial charge in [0.05, 0.1) is 8.07 Å². The first kappa shape index (κ1) is 34.5. The molecule has 0 amide bonds. The maximum atomic E-state index is 2.53. The van der Waals surface area contributed by atoms with Gasteiger partial charge in [-0.1, -0.05) is 229 Å². The zero-order valence-corrected chi connectivity index (χ0v) is 27.0. The standard InChI is InChI=1S/C36H68Si/c1-4-7-10-13-16-17-18-19-20-21-24-30-35-37(36-31-26-25-27-32-36,33-28-22-14-11-8-5-2)34-29-23-15-12-9-6-3/h25-27,31-32H,4-24,28-30,33-35H2,1-3H3. The second-order valence-corrected chi connectivity index (χ2v) is 17.0. The van der Waals surface area contributed by atoms with E-state index in [4.69, 9.17) is 0 Å². The minimum absolute atomic E-state index is 1.36. The minimum Gasteiger partial charge on any atom is -0.0654 e. The highest BCUT2D eigenvalue weighted by Crippen LogP contribution is 2.30. The molecule has 0 radical (unpaired) electrons. The van der Waals surface area contributed by atoms with Gasteiger partial charge in [-0.2, -0.15) is 0 Å². The van der Waals surface area contributed by atoms with Gasteiger partial charge in [-0.05, 0) is 0 Å². The molecule has 1 heteroatoms. The van der Waals surface area contributed by atoms with E-state index in [0.717, 1.165) is 0 Å². The fraction of sp³-hybridized carbons (Fsp3) is 0.833. The lowest BCUT2D eigenvalue weighted by molar-refractivity contribution is 0.547. The highest BCUT2D eigenvalue weighted by Gasteiger charge is 2.33. The fourth-order valence-electron chi connectivity index (χ4n) is 6.39. The summed E-state index contributed by atoms with van der Waals surface area (Å²) in [4.78, 5) is 0. The monoisotopic (exact) mass is 529 g/mol. The molecule has 1 rings (SSSR count). The van der Waals surface area contributed by atoms with E-state index >= 15 is 0 Å². The first-order chi connectivity index (χ1) is 18.3. The van der Waals surface area contributed by atoms with E-state index in [2.05, 4.69) is 51.1 Å². The quantitative estimate of drug-likeness (QED) is 0.0749. The number of benzene rings is 1. The van der Waals surface area contributed by atoms with E-state index in [0.29, 0.717) is 0 Å². The van der Waals surface area contributed by atoms with Crippen LogP contribution in [-0.2, 0) is 0 Å². The molecular formula is C36H68Si. The summed E-state index contributed by atoms with van der Waals surface area (Å²) in [5.74, 6) is 0. The van der Waals surface area contributed by atoms with Gasteiger partial charge in [-0.25, -0.2) is 0 Å². The smallest absolute Gasteiger partial charge is 0.0654 e. The van der Waals surface area contributed by atoms with Crippen LogP contribution < -0.4 is 5.19 Å². The number of hydrogen-bond acceptors (Lipinski definition) is 0. The summed E-state index contributed by atoms with van der Waals surface area (Å²) in [5.41, 5.74) is 0. The molecule has 1 aromatic rings. The van der Waals surface area contributed by atoms with Crippen LogP contribution in [0, 0.1) is 0 Å². The van der Waals surface area contributed by atoms with Crippen LogP contribution in [0.15, 0.2) is 30.3 Å². The molecule has 0 saturated carbocycles. The Bertz CT molecular complexity index is 549. The predicted octanol–water partition coefficient (Wildman–Crippen LogP) is 12.8. The van der Waals surface area contributed by atoms with Crippen molar-refractivity contribution in [2.75, 3.05) is 0 Å². The van der Waals surface area contributed by atoms with Gasteiger partial charge in [0, 0.05) is 0 Å². The SMILES string of the molecule is CCCCCCCCCCCCCC[Si](CCCCCCCC)(CCCCCCCC)c1ccccc1. The lowest BCUT2D eigenvalue weighted by Gasteiger charge is -2.33. The van der Waals surface area contributed by atoms with Gasteiger partial charge in [0.1, 0.15) is 0 Å². The lowest BCUT2D eigenvalue weighted by Crippen LogP contribution is -2.47. The largest absolute Gasteiger partial charge is 0.0867 e. The molecule has 1 aromatic carbocycles. The second kappa shape index (κ2) is 25.7. The van der Waals surface area contributed by atoms with Crippen molar-refractivity contribution >= 4 is 13.3 Å². The third kappa shape index (κ3) is 18.4. The molecule has 0 aromatic heterocycles. The van der Waals surface area contributed by atoms with Gasteiger partial charge in [0.25, 0.3) is 0 Å². The van der Waals surface area contributed by atoms with E-state index in [1.807, 2.05) is 0 Å². The average molecular weight is 529 g/mol. The van der Waals surface area contributed by atoms with Crippen molar-refractivity contribution < 1.29 is 0 Å². The van der Waals surface area contributed by atoms with Crippen LogP contribution in [-0.4, -0.2) is 8.07 Å². The van der Waals surface area contributed by atoms with Crippen LogP contribution in [0.4, 0.5) is 0 Å². The molecule has 0 atom stereocenters. The molecule has 0 spiro atoms. The second-order valence-electron chi connectivity index (χ2n) is 12.3. The molecule has 0 aliphatic carbocycles. The van der Waals surface area contributed by atoms with Crippen molar-refractivity contribution in [1.29, 1.82) is 0 Å². The summed E-state index contributed by atoms with van der Waals surface area (Å²) in [6.45, 7) is 6.99. The Hall–Kier alpha value is -0.563. The molecule has 0 aliphatic rings.